The second kappa shape index (κ2) is 8.22. The van der Waals surface area contributed by atoms with Crippen LogP contribution < -0.4 is 0 Å². The highest BCUT2D eigenvalue weighted by Gasteiger charge is 2.16. The van der Waals surface area contributed by atoms with E-state index in [4.69, 9.17) is 0 Å². The molecule has 3 heteroatoms. The molecule has 1 N–H and O–H groups in total. The van der Waals surface area contributed by atoms with E-state index in [2.05, 4.69) is 53.5 Å². The maximum atomic E-state index is 11.2. The molecule has 3 aromatic rings. The third kappa shape index (κ3) is 4.04. The topological polar surface area (TPSA) is 49.7 Å². The largest absolute Gasteiger partial charge is 0.478 e. The highest BCUT2D eigenvalue weighted by molar-refractivity contribution is 5.89. The van der Waals surface area contributed by atoms with Crippen LogP contribution in [-0.4, -0.2) is 17.3 Å². The first-order valence-electron chi connectivity index (χ1n) is 9.75. The second-order valence-corrected chi connectivity index (χ2v) is 7.27. The summed E-state index contributed by atoms with van der Waals surface area (Å²) in [5.74, 6) is -0.364. The van der Waals surface area contributed by atoms with Crippen LogP contribution in [0.2, 0.25) is 0 Å². The number of aromatic carboxylic acids is 1. The van der Waals surface area contributed by atoms with E-state index in [0.717, 1.165) is 42.5 Å². The van der Waals surface area contributed by atoms with Gasteiger partial charge in [-0.1, -0.05) is 54.6 Å². The molecule has 3 nitrogen and oxygen atoms in total. The fourth-order valence-corrected chi connectivity index (χ4v) is 3.88. The lowest BCUT2D eigenvalue weighted by Crippen LogP contribution is -2.01. The highest BCUT2D eigenvalue weighted by Crippen LogP contribution is 2.35. The molecule has 140 valence electrons. The van der Waals surface area contributed by atoms with Crippen LogP contribution in [-0.2, 0) is 6.42 Å². The van der Waals surface area contributed by atoms with Crippen LogP contribution in [0.4, 0.5) is 5.69 Å². The number of rotatable bonds is 5. The lowest BCUT2D eigenvalue weighted by atomic mass is 9.88. The Bertz CT molecular complexity index is 1010. The molecule has 0 saturated heterocycles. The second-order valence-electron chi connectivity index (χ2n) is 7.27. The Kier molecular flexibility index (Phi) is 5.34. The number of aliphatic imine (C=N–C) groups is 1. The van der Waals surface area contributed by atoms with Crippen molar-refractivity contribution in [3.8, 4) is 11.1 Å². The SMILES string of the molecule is O=C(O)c1cccc(-c2ccc(CCC3CCC=Nc4ccccc43)cc2)c1. The van der Waals surface area contributed by atoms with E-state index in [1.807, 2.05) is 12.3 Å². The van der Waals surface area contributed by atoms with E-state index in [1.54, 1.807) is 18.2 Å². The molecule has 1 aliphatic heterocycles. The number of hydrogen-bond donors (Lipinski definition) is 1. The number of carboxylic acids is 1. The molecule has 0 fully saturated rings. The van der Waals surface area contributed by atoms with Crippen molar-refractivity contribution in [3.63, 3.8) is 0 Å². The van der Waals surface area contributed by atoms with Crippen LogP contribution in [0.1, 0.15) is 46.7 Å². The molecule has 0 saturated carbocycles. The first-order chi connectivity index (χ1) is 13.7. The number of hydrogen-bond acceptors (Lipinski definition) is 2. The van der Waals surface area contributed by atoms with Crippen molar-refractivity contribution in [1.29, 1.82) is 0 Å². The van der Waals surface area contributed by atoms with Crippen molar-refractivity contribution >= 4 is 17.9 Å². The van der Waals surface area contributed by atoms with Gasteiger partial charge in [-0.25, -0.2) is 4.79 Å². The zero-order chi connectivity index (χ0) is 19.3. The quantitative estimate of drug-likeness (QED) is 0.576. The van der Waals surface area contributed by atoms with E-state index >= 15 is 0 Å². The molecule has 28 heavy (non-hydrogen) atoms. The maximum Gasteiger partial charge on any atom is 0.335 e. The molecule has 0 spiro atoms. The molecule has 0 radical (unpaired) electrons. The van der Waals surface area contributed by atoms with Gasteiger partial charge in [-0.3, -0.25) is 4.99 Å². The van der Waals surface area contributed by atoms with Crippen LogP contribution in [0.3, 0.4) is 0 Å². The third-order valence-electron chi connectivity index (χ3n) is 5.43. The minimum absolute atomic E-state index is 0.316. The van der Waals surface area contributed by atoms with Gasteiger partial charge in [0.25, 0.3) is 0 Å². The minimum atomic E-state index is -0.897. The summed E-state index contributed by atoms with van der Waals surface area (Å²) < 4.78 is 0. The Hall–Kier alpha value is -3.20. The molecular weight excluding hydrogens is 346 g/mol. The lowest BCUT2D eigenvalue weighted by Gasteiger charge is -2.17. The average molecular weight is 369 g/mol. The summed E-state index contributed by atoms with van der Waals surface area (Å²) >= 11 is 0. The first kappa shape index (κ1) is 18.2. The van der Waals surface area contributed by atoms with Gasteiger partial charge in [0.1, 0.15) is 0 Å². The molecule has 1 aliphatic rings. The summed E-state index contributed by atoms with van der Waals surface area (Å²) in [5, 5.41) is 9.17. The molecule has 0 amide bonds. The molecule has 4 rings (SSSR count). The van der Waals surface area contributed by atoms with Crippen molar-refractivity contribution in [2.75, 3.05) is 0 Å². The zero-order valence-electron chi connectivity index (χ0n) is 15.7. The monoisotopic (exact) mass is 369 g/mol. The normalized spacial score (nSPS) is 15.6. The maximum absolute atomic E-state index is 11.2. The van der Waals surface area contributed by atoms with E-state index in [1.165, 1.54) is 11.1 Å². The number of fused-ring (bicyclic) bond motifs is 1. The van der Waals surface area contributed by atoms with Crippen molar-refractivity contribution in [2.24, 2.45) is 4.99 Å². The Balaban J connectivity index is 1.46. The Labute approximate surface area is 165 Å². The predicted octanol–water partition coefficient (Wildman–Crippen LogP) is 6.26. The van der Waals surface area contributed by atoms with Gasteiger partial charge in [-0.15, -0.1) is 0 Å². The summed E-state index contributed by atoms with van der Waals surface area (Å²) in [6.07, 6.45) is 6.33. The average Bonchev–Trinajstić information content (AvgIpc) is 2.95. The van der Waals surface area contributed by atoms with Crippen molar-refractivity contribution < 1.29 is 9.90 Å². The fourth-order valence-electron chi connectivity index (χ4n) is 3.88. The van der Waals surface area contributed by atoms with Gasteiger partial charge in [0.05, 0.1) is 11.3 Å². The third-order valence-corrected chi connectivity index (χ3v) is 5.43. The standard InChI is InChI=1S/C25H23NO2/c27-25(28)22-6-3-5-21(17-22)19-13-10-18(11-14-19)12-15-20-7-4-16-26-24-9-2-1-8-23(20)24/h1-3,5-6,8-11,13-14,16-17,20H,4,7,12,15H2,(H,27,28). The minimum Gasteiger partial charge on any atom is -0.478 e. The van der Waals surface area contributed by atoms with E-state index in [-0.39, 0.29) is 0 Å². The molecule has 0 aliphatic carbocycles. The number of carboxylic acid groups (broad SMARTS) is 1. The fraction of sp³-hybridized carbons (Fsp3) is 0.200. The summed E-state index contributed by atoms with van der Waals surface area (Å²) in [6, 6.07) is 24.0. The number of benzene rings is 3. The van der Waals surface area contributed by atoms with E-state index in [0.29, 0.717) is 11.5 Å². The lowest BCUT2D eigenvalue weighted by molar-refractivity contribution is 0.0697. The van der Waals surface area contributed by atoms with Gasteiger partial charge in [0.15, 0.2) is 0 Å². The van der Waals surface area contributed by atoms with Gasteiger partial charge in [-0.05, 0) is 72.1 Å². The van der Waals surface area contributed by atoms with Crippen LogP contribution in [0.25, 0.3) is 11.1 Å². The molecule has 1 unspecified atom stereocenters. The highest BCUT2D eigenvalue weighted by atomic mass is 16.4. The van der Waals surface area contributed by atoms with Gasteiger partial charge < -0.3 is 5.11 Å². The summed E-state index contributed by atoms with van der Waals surface area (Å²) in [6.45, 7) is 0. The van der Waals surface area contributed by atoms with Crippen LogP contribution in [0, 0.1) is 0 Å². The number of nitrogens with zero attached hydrogens (tertiary/aromatic N) is 1. The first-order valence-corrected chi connectivity index (χ1v) is 9.75. The van der Waals surface area contributed by atoms with Crippen LogP contribution in [0.5, 0.6) is 0 Å². The van der Waals surface area contributed by atoms with E-state index < -0.39 is 5.97 Å². The molecule has 0 bridgehead atoms. The summed E-state index contributed by atoms with van der Waals surface area (Å²) in [5.41, 5.74) is 6.06. The zero-order valence-corrected chi connectivity index (χ0v) is 15.7. The Morgan fingerprint density at radius 3 is 2.61 bits per heavy atom. The van der Waals surface area contributed by atoms with Gasteiger partial charge in [-0.2, -0.15) is 0 Å². The molecule has 1 heterocycles. The van der Waals surface area contributed by atoms with Gasteiger partial charge in [0, 0.05) is 6.21 Å². The van der Waals surface area contributed by atoms with Crippen LogP contribution >= 0.6 is 0 Å². The summed E-state index contributed by atoms with van der Waals surface area (Å²) in [4.78, 5) is 15.8. The molecular formula is C25H23NO2. The predicted molar refractivity (Wildman–Crippen MR) is 114 cm³/mol. The van der Waals surface area contributed by atoms with Crippen molar-refractivity contribution in [1.82, 2.24) is 0 Å². The smallest absolute Gasteiger partial charge is 0.335 e. The molecule has 3 aromatic carbocycles. The van der Waals surface area contributed by atoms with Crippen molar-refractivity contribution in [3.05, 3.63) is 89.5 Å². The van der Waals surface area contributed by atoms with Gasteiger partial charge >= 0.3 is 5.97 Å². The Morgan fingerprint density at radius 1 is 0.964 bits per heavy atom. The summed E-state index contributed by atoms with van der Waals surface area (Å²) in [7, 11) is 0. The number of para-hydroxylation sites is 1. The number of carbonyl (C=O) groups is 1. The Morgan fingerprint density at radius 2 is 1.79 bits per heavy atom. The molecule has 0 aromatic heterocycles. The number of aryl methyl sites for hydroxylation is 1. The molecule has 1 atom stereocenters. The van der Waals surface area contributed by atoms with Gasteiger partial charge in [0.2, 0.25) is 0 Å². The van der Waals surface area contributed by atoms with Crippen LogP contribution in [0.15, 0.2) is 77.8 Å². The van der Waals surface area contributed by atoms with Crippen molar-refractivity contribution in [2.45, 2.75) is 31.6 Å². The van der Waals surface area contributed by atoms with E-state index in [9.17, 15) is 9.90 Å².